The van der Waals surface area contributed by atoms with Crippen molar-refractivity contribution in [3.8, 4) is 0 Å². The number of aromatic nitrogens is 2. The van der Waals surface area contributed by atoms with Gasteiger partial charge in [-0.1, -0.05) is 6.92 Å². The Morgan fingerprint density at radius 2 is 2.04 bits per heavy atom. The van der Waals surface area contributed by atoms with Crippen LogP contribution in [-0.2, 0) is 16.1 Å². The van der Waals surface area contributed by atoms with Gasteiger partial charge < -0.3 is 9.80 Å². The zero-order chi connectivity index (χ0) is 18.2. The van der Waals surface area contributed by atoms with Crippen molar-refractivity contribution in [3.05, 3.63) is 24.3 Å². The number of thioether (sulfide) groups is 1. The molecule has 0 aliphatic carbocycles. The van der Waals surface area contributed by atoms with E-state index in [9.17, 15) is 9.59 Å². The van der Waals surface area contributed by atoms with Crippen LogP contribution in [0.1, 0.15) is 45.1 Å². The lowest BCUT2D eigenvalue weighted by Crippen LogP contribution is -2.41. The monoisotopic (exact) mass is 364 g/mol. The summed E-state index contributed by atoms with van der Waals surface area (Å²) >= 11 is 1.62. The van der Waals surface area contributed by atoms with E-state index in [1.807, 2.05) is 16.1 Å². The van der Waals surface area contributed by atoms with Gasteiger partial charge in [-0.15, -0.1) is 0 Å². The van der Waals surface area contributed by atoms with Crippen LogP contribution in [0.5, 0.6) is 0 Å². The third-order valence-electron chi connectivity index (χ3n) is 4.75. The summed E-state index contributed by atoms with van der Waals surface area (Å²) in [6, 6.07) is 0.157. The number of rotatable bonds is 6. The number of likely N-dealkylation sites (tertiary alicyclic amines) is 1. The molecule has 138 valence electrons. The van der Waals surface area contributed by atoms with E-state index < -0.39 is 0 Å². The van der Waals surface area contributed by atoms with E-state index in [2.05, 4.69) is 16.9 Å². The third kappa shape index (κ3) is 5.42. The second-order valence-corrected chi connectivity index (χ2v) is 7.48. The fourth-order valence-electron chi connectivity index (χ4n) is 3.36. The molecule has 2 heterocycles. The van der Waals surface area contributed by atoms with Gasteiger partial charge in [-0.3, -0.25) is 9.59 Å². The van der Waals surface area contributed by atoms with Crippen LogP contribution in [0.25, 0.3) is 0 Å². The van der Waals surface area contributed by atoms with Crippen molar-refractivity contribution in [1.82, 2.24) is 19.8 Å². The summed E-state index contributed by atoms with van der Waals surface area (Å²) in [6.45, 7) is 5.69. The summed E-state index contributed by atoms with van der Waals surface area (Å²) < 4.78 is 0. The molecule has 0 radical (unpaired) electrons. The van der Waals surface area contributed by atoms with Crippen LogP contribution in [0.2, 0.25) is 0 Å². The maximum Gasteiger partial charge on any atom is 0.235 e. The Hall–Kier alpha value is -1.63. The average Bonchev–Trinajstić information content (AvgIpc) is 2.87. The topological polar surface area (TPSA) is 66.4 Å². The summed E-state index contributed by atoms with van der Waals surface area (Å²) in [6.07, 6.45) is 10.5. The lowest BCUT2D eigenvalue weighted by atomic mass is 10.1. The lowest BCUT2D eigenvalue weighted by Gasteiger charge is -2.30. The van der Waals surface area contributed by atoms with Gasteiger partial charge in [0.1, 0.15) is 6.33 Å². The van der Waals surface area contributed by atoms with Crippen LogP contribution in [0.15, 0.2) is 18.7 Å². The first-order valence-corrected chi connectivity index (χ1v) is 10.2. The molecule has 7 heteroatoms. The van der Waals surface area contributed by atoms with E-state index in [4.69, 9.17) is 0 Å². The summed E-state index contributed by atoms with van der Waals surface area (Å²) in [5, 5.41) is 0.0435. The fraction of sp³-hybridized carbons (Fsp3) is 0.667. The summed E-state index contributed by atoms with van der Waals surface area (Å²) in [5.41, 5.74) is 0.934. The van der Waals surface area contributed by atoms with Gasteiger partial charge in [-0.2, -0.15) is 11.8 Å². The van der Waals surface area contributed by atoms with E-state index in [0.29, 0.717) is 6.54 Å². The summed E-state index contributed by atoms with van der Waals surface area (Å²) in [4.78, 5) is 36.7. The van der Waals surface area contributed by atoms with E-state index in [1.54, 1.807) is 31.1 Å². The number of carbonyl (C=O) groups is 2. The Morgan fingerprint density at radius 3 is 2.64 bits per heavy atom. The Balaban J connectivity index is 2.02. The van der Waals surface area contributed by atoms with Crippen LogP contribution in [0.3, 0.4) is 0 Å². The predicted octanol–water partition coefficient (Wildman–Crippen LogP) is 2.35. The highest BCUT2D eigenvalue weighted by Gasteiger charge is 2.28. The molecule has 1 aliphatic rings. The van der Waals surface area contributed by atoms with Crippen LogP contribution in [0.4, 0.5) is 0 Å². The highest BCUT2D eigenvalue weighted by molar-refractivity contribution is 7.99. The fourth-order valence-corrected chi connectivity index (χ4v) is 4.05. The third-order valence-corrected chi connectivity index (χ3v) is 5.86. The van der Waals surface area contributed by atoms with Crippen molar-refractivity contribution in [2.45, 2.75) is 57.4 Å². The lowest BCUT2D eigenvalue weighted by molar-refractivity contribution is -0.132. The molecule has 0 N–H and O–H groups in total. The Kier molecular flexibility index (Phi) is 7.68. The predicted molar refractivity (Wildman–Crippen MR) is 100 cm³/mol. The first kappa shape index (κ1) is 19.7. The summed E-state index contributed by atoms with van der Waals surface area (Å²) in [7, 11) is 0. The van der Waals surface area contributed by atoms with E-state index >= 15 is 0 Å². The molecular formula is C18H28N4O2S. The molecule has 0 saturated carbocycles. The minimum atomic E-state index is 0.0435. The highest BCUT2D eigenvalue weighted by Crippen LogP contribution is 2.22. The standard InChI is InChI=1S/C18H28N4O2S/c1-4-17(25-3)18(24)21-8-5-6-16(7-9-21)22(14(2)23)12-15-10-19-13-20-11-15/h10-11,13,16-17H,4-9,12H2,1-3H3/t16-,17+/m0/s1. The zero-order valence-corrected chi connectivity index (χ0v) is 16.2. The van der Waals surface area contributed by atoms with Crippen LogP contribution >= 0.6 is 11.8 Å². The minimum Gasteiger partial charge on any atom is -0.342 e. The largest absolute Gasteiger partial charge is 0.342 e. The molecule has 1 fully saturated rings. The molecule has 6 nitrogen and oxygen atoms in total. The number of amides is 2. The van der Waals surface area contributed by atoms with Gasteiger partial charge in [0.2, 0.25) is 11.8 Å². The molecule has 1 aromatic heterocycles. The van der Waals surface area contributed by atoms with Crippen molar-refractivity contribution >= 4 is 23.6 Å². The van der Waals surface area contributed by atoms with E-state index in [1.165, 1.54) is 6.33 Å². The Labute approximate surface area is 154 Å². The first-order chi connectivity index (χ1) is 12.1. The molecule has 1 saturated heterocycles. The van der Waals surface area contributed by atoms with Crippen molar-refractivity contribution < 1.29 is 9.59 Å². The SMILES string of the molecule is CC[C@@H](SC)C(=O)N1CCC[C@H](N(Cc2cncnc2)C(C)=O)CC1. The Morgan fingerprint density at radius 1 is 1.32 bits per heavy atom. The zero-order valence-electron chi connectivity index (χ0n) is 15.4. The van der Waals surface area contributed by atoms with Crippen molar-refractivity contribution in [1.29, 1.82) is 0 Å². The van der Waals surface area contributed by atoms with Gasteiger partial charge in [0.15, 0.2) is 0 Å². The quantitative estimate of drug-likeness (QED) is 0.775. The molecule has 2 amide bonds. The van der Waals surface area contributed by atoms with Gasteiger partial charge in [-0.05, 0) is 31.9 Å². The van der Waals surface area contributed by atoms with Crippen molar-refractivity contribution in [2.24, 2.45) is 0 Å². The first-order valence-electron chi connectivity index (χ1n) is 8.89. The number of hydrogen-bond acceptors (Lipinski definition) is 5. The maximum absolute atomic E-state index is 12.6. The van der Waals surface area contributed by atoms with Crippen molar-refractivity contribution in [2.75, 3.05) is 19.3 Å². The molecule has 25 heavy (non-hydrogen) atoms. The molecule has 2 atom stereocenters. The van der Waals surface area contributed by atoms with Crippen LogP contribution < -0.4 is 0 Å². The van der Waals surface area contributed by atoms with Crippen LogP contribution in [-0.4, -0.2) is 62.2 Å². The van der Waals surface area contributed by atoms with Gasteiger partial charge >= 0.3 is 0 Å². The maximum atomic E-state index is 12.6. The highest BCUT2D eigenvalue weighted by atomic mass is 32.2. The summed E-state index contributed by atoms with van der Waals surface area (Å²) in [5.74, 6) is 0.297. The molecular weight excluding hydrogens is 336 g/mol. The normalized spacial score (nSPS) is 19.2. The van der Waals surface area contributed by atoms with Gasteiger partial charge in [-0.25, -0.2) is 9.97 Å². The number of hydrogen-bond donors (Lipinski definition) is 0. The molecule has 0 spiro atoms. The second kappa shape index (κ2) is 9.75. The van der Waals surface area contributed by atoms with Crippen molar-refractivity contribution in [3.63, 3.8) is 0 Å². The Bertz CT molecular complexity index is 565. The van der Waals surface area contributed by atoms with E-state index in [0.717, 1.165) is 44.3 Å². The number of nitrogens with zero attached hydrogens (tertiary/aromatic N) is 4. The molecule has 0 bridgehead atoms. The van der Waals surface area contributed by atoms with Crippen LogP contribution in [0, 0.1) is 0 Å². The number of carbonyl (C=O) groups excluding carboxylic acids is 2. The molecule has 2 rings (SSSR count). The van der Waals surface area contributed by atoms with Gasteiger partial charge in [0, 0.05) is 50.6 Å². The average molecular weight is 365 g/mol. The molecule has 0 unspecified atom stereocenters. The van der Waals surface area contributed by atoms with Gasteiger partial charge in [0.25, 0.3) is 0 Å². The van der Waals surface area contributed by atoms with E-state index in [-0.39, 0.29) is 23.1 Å². The second-order valence-electron chi connectivity index (χ2n) is 6.44. The molecule has 0 aromatic carbocycles. The smallest absolute Gasteiger partial charge is 0.235 e. The molecule has 1 aliphatic heterocycles. The minimum absolute atomic E-state index is 0.0435. The molecule has 1 aromatic rings. The van der Waals surface area contributed by atoms with Gasteiger partial charge in [0.05, 0.1) is 5.25 Å².